The Bertz CT molecular complexity index is 344. The maximum Gasteiger partial charge on any atom is 0.155 e. The van der Waals surface area contributed by atoms with Crippen molar-refractivity contribution in [3.05, 3.63) is 23.3 Å². The summed E-state index contributed by atoms with van der Waals surface area (Å²) in [5, 5.41) is 0. The Morgan fingerprint density at radius 3 is 2.06 bits per heavy atom. The topological polar surface area (TPSA) is 9.23 Å². The van der Waals surface area contributed by atoms with E-state index in [1.807, 2.05) is 0 Å². The summed E-state index contributed by atoms with van der Waals surface area (Å²) < 4.78 is 5.42. The molecule has 16 heavy (non-hydrogen) atoms. The smallest absolute Gasteiger partial charge is 0.155 e. The first-order chi connectivity index (χ1) is 7.72. The van der Waals surface area contributed by atoms with E-state index in [9.17, 15) is 0 Å². The number of hydrogen-bond acceptors (Lipinski definition) is 1. The van der Waals surface area contributed by atoms with E-state index in [4.69, 9.17) is 4.74 Å². The number of methoxy groups -OCH3 is 1. The summed E-state index contributed by atoms with van der Waals surface area (Å²) in [5.41, 5.74) is 2.58. The number of ether oxygens (including phenoxy) is 1. The van der Waals surface area contributed by atoms with E-state index in [-0.39, 0.29) is 0 Å². The highest BCUT2D eigenvalue weighted by Crippen LogP contribution is 2.30. The second-order valence-corrected chi connectivity index (χ2v) is 6.83. The van der Waals surface area contributed by atoms with E-state index in [1.54, 1.807) is 12.0 Å². The van der Waals surface area contributed by atoms with Crippen LogP contribution in [0.15, 0.2) is 17.0 Å². The molecular formula is C14H21OS+. The quantitative estimate of drug-likeness (QED) is 0.716. The SMILES string of the molecule is COc1c(C)cc([S+]2CCCCC2)cc1C. The van der Waals surface area contributed by atoms with E-state index in [1.165, 1.54) is 41.9 Å². The van der Waals surface area contributed by atoms with Crippen LogP contribution in [0, 0.1) is 13.8 Å². The van der Waals surface area contributed by atoms with Crippen molar-refractivity contribution in [2.24, 2.45) is 0 Å². The summed E-state index contributed by atoms with van der Waals surface area (Å²) in [6, 6.07) is 4.67. The van der Waals surface area contributed by atoms with Crippen LogP contribution in [-0.2, 0) is 10.9 Å². The molecule has 0 N–H and O–H groups in total. The van der Waals surface area contributed by atoms with Gasteiger partial charge in [-0.1, -0.05) is 0 Å². The number of aryl methyl sites for hydroxylation is 2. The fourth-order valence-electron chi connectivity index (χ4n) is 2.47. The van der Waals surface area contributed by atoms with Crippen molar-refractivity contribution in [1.29, 1.82) is 0 Å². The predicted molar refractivity (Wildman–Crippen MR) is 71.7 cm³/mol. The number of rotatable bonds is 2. The second-order valence-electron chi connectivity index (χ2n) is 4.55. The Morgan fingerprint density at radius 2 is 1.56 bits per heavy atom. The van der Waals surface area contributed by atoms with Crippen molar-refractivity contribution in [3.8, 4) is 5.75 Å². The van der Waals surface area contributed by atoms with Gasteiger partial charge < -0.3 is 4.74 Å². The lowest BCUT2D eigenvalue weighted by atomic mass is 10.1. The minimum atomic E-state index is 0.506. The lowest BCUT2D eigenvalue weighted by Crippen LogP contribution is -2.18. The Labute approximate surface area is 102 Å². The molecule has 0 bridgehead atoms. The van der Waals surface area contributed by atoms with Gasteiger partial charge in [-0.3, -0.25) is 0 Å². The van der Waals surface area contributed by atoms with Gasteiger partial charge in [0.1, 0.15) is 17.3 Å². The van der Waals surface area contributed by atoms with E-state index in [2.05, 4.69) is 26.0 Å². The van der Waals surface area contributed by atoms with Crippen LogP contribution in [-0.4, -0.2) is 18.6 Å². The van der Waals surface area contributed by atoms with E-state index in [0.29, 0.717) is 10.9 Å². The molecule has 1 heterocycles. The van der Waals surface area contributed by atoms with Crippen LogP contribution in [0.1, 0.15) is 30.4 Å². The largest absolute Gasteiger partial charge is 0.496 e. The summed E-state index contributed by atoms with van der Waals surface area (Å²) in [4.78, 5) is 1.55. The summed E-state index contributed by atoms with van der Waals surface area (Å²) in [7, 11) is 2.27. The molecule has 0 aliphatic carbocycles. The zero-order chi connectivity index (χ0) is 11.5. The Kier molecular flexibility index (Phi) is 3.80. The molecule has 0 saturated carbocycles. The summed E-state index contributed by atoms with van der Waals surface area (Å²) >= 11 is 0. The van der Waals surface area contributed by atoms with Crippen molar-refractivity contribution < 1.29 is 4.74 Å². The monoisotopic (exact) mass is 237 g/mol. The Hall–Kier alpha value is -0.630. The van der Waals surface area contributed by atoms with Gasteiger partial charge >= 0.3 is 0 Å². The Balaban J connectivity index is 2.28. The van der Waals surface area contributed by atoms with Gasteiger partial charge in [0.05, 0.1) is 7.11 Å². The molecule has 1 aromatic carbocycles. The van der Waals surface area contributed by atoms with Gasteiger partial charge in [0.15, 0.2) is 4.90 Å². The molecule has 2 heteroatoms. The van der Waals surface area contributed by atoms with Gasteiger partial charge in [0, 0.05) is 10.9 Å². The maximum atomic E-state index is 5.42. The minimum Gasteiger partial charge on any atom is -0.496 e. The maximum absolute atomic E-state index is 5.42. The molecule has 0 radical (unpaired) electrons. The van der Waals surface area contributed by atoms with Crippen molar-refractivity contribution in [3.63, 3.8) is 0 Å². The van der Waals surface area contributed by atoms with E-state index < -0.39 is 0 Å². The molecule has 0 spiro atoms. The number of benzene rings is 1. The zero-order valence-electron chi connectivity index (χ0n) is 10.5. The van der Waals surface area contributed by atoms with Gasteiger partial charge in [-0.25, -0.2) is 0 Å². The standard InChI is InChI=1S/C14H21OS/c1-11-9-13(10-12(2)14(11)15-3)16-7-5-4-6-8-16/h9-10H,4-8H2,1-3H3/q+1. The molecule has 1 aromatic rings. The van der Waals surface area contributed by atoms with Crippen LogP contribution in [0.2, 0.25) is 0 Å². The first kappa shape index (κ1) is 11.8. The van der Waals surface area contributed by atoms with Crippen molar-refractivity contribution in [1.82, 2.24) is 0 Å². The van der Waals surface area contributed by atoms with Crippen LogP contribution < -0.4 is 4.74 Å². The third kappa shape index (κ3) is 2.37. The highest BCUT2D eigenvalue weighted by Gasteiger charge is 2.25. The second kappa shape index (κ2) is 5.13. The van der Waals surface area contributed by atoms with Crippen molar-refractivity contribution in [2.75, 3.05) is 18.6 Å². The lowest BCUT2D eigenvalue weighted by Gasteiger charge is -2.15. The fourth-order valence-corrected chi connectivity index (χ4v) is 4.93. The summed E-state index contributed by atoms with van der Waals surface area (Å²) in [6.07, 6.45) is 4.25. The molecule has 1 saturated heterocycles. The predicted octanol–water partition coefficient (Wildman–Crippen LogP) is 3.47. The summed E-state index contributed by atoms with van der Waals surface area (Å²) in [5.74, 6) is 3.85. The fraction of sp³-hybridized carbons (Fsp3) is 0.571. The van der Waals surface area contributed by atoms with Crippen molar-refractivity contribution >= 4 is 10.9 Å². The van der Waals surface area contributed by atoms with Gasteiger partial charge in [-0.15, -0.1) is 0 Å². The van der Waals surface area contributed by atoms with Gasteiger partial charge in [0.25, 0.3) is 0 Å². The zero-order valence-corrected chi connectivity index (χ0v) is 11.3. The van der Waals surface area contributed by atoms with Crippen LogP contribution in [0.3, 0.4) is 0 Å². The molecule has 88 valence electrons. The normalized spacial score (nSPS) is 17.4. The molecule has 0 amide bonds. The van der Waals surface area contributed by atoms with Crippen LogP contribution in [0.4, 0.5) is 0 Å². The minimum absolute atomic E-state index is 0.506. The van der Waals surface area contributed by atoms with Gasteiger partial charge in [-0.2, -0.15) is 0 Å². The molecule has 1 fully saturated rings. The highest BCUT2D eigenvalue weighted by atomic mass is 32.2. The van der Waals surface area contributed by atoms with E-state index in [0.717, 1.165) is 5.75 Å². The molecule has 1 nitrogen and oxygen atoms in total. The molecule has 1 aliphatic rings. The molecule has 1 aliphatic heterocycles. The lowest BCUT2D eigenvalue weighted by molar-refractivity contribution is 0.408. The average molecular weight is 237 g/mol. The van der Waals surface area contributed by atoms with Gasteiger partial charge in [-0.05, 0) is 56.4 Å². The van der Waals surface area contributed by atoms with Crippen LogP contribution >= 0.6 is 0 Å². The third-order valence-electron chi connectivity index (χ3n) is 3.25. The van der Waals surface area contributed by atoms with E-state index >= 15 is 0 Å². The third-order valence-corrected chi connectivity index (χ3v) is 5.72. The molecular weight excluding hydrogens is 216 g/mol. The molecule has 0 atom stereocenters. The molecule has 2 rings (SSSR count). The average Bonchev–Trinajstić information content (AvgIpc) is 2.30. The van der Waals surface area contributed by atoms with Crippen molar-refractivity contribution in [2.45, 2.75) is 38.0 Å². The highest BCUT2D eigenvalue weighted by molar-refractivity contribution is 7.96. The van der Waals surface area contributed by atoms with Gasteiger partial charge in [0.2, 0.25) is 0 Å². The number of hydrogen-bond donors (Lipinski definition) is 0. The Morgan fingerprint density at radius 1 is 1.00 bits per heavy atom. The summed E-state index contributed by atoms with van der Waals surface area (Å²) in [6.45, 7) is 4.31. The molecule has 0 unspecified atom stereocenters. The van der Waals surface area contributed by atoms with Crippen LogP contribution in [0.5, 0.6) is 5.75 Å². The molecule has 0 aromatic heterocycles. The van der Waals surface area contributed by atoms with Crippen LogP contribution in [0.25, 0.3) is 0 Å². The first-order valence-electron chi connectivity index (χ1n) is 6.05. The first-order valence-corrected chi connectivity index (χ1v) is 7.61.